The third kappa shape index (κ3) is 6.21. The molecule has 0 saturated carbocycles. The highest BCUT2D eigenvalue weighted by molar-refractivity contribution is 7.99. The van der Waals surface area contributed by atoms with E-state index in [1.54, 1.807) is 24.3 Å². The lowest BCUT2D eigenvalue weighted by atomic mass is 10.1. The molecule has 0 saturated heterocycles. The van der Waals surface area contributed by atoms with Crippen molar-refractivity contribution in [2.75, 3.05) is 17.7 Å². The first-order valence-corrected chi connectivity index (χ1v) is 11.8. The molecule has 0 fully saturated rings. The lowest BCUT2D eigenvalue weighted by Crippen LogP contribution is -2.21. The number of hydrogen-bond donors (Lipinski definition) is 1. The second kappa shape index (κ2) is 11.3. The molecule has 9 heteroatoms. The lowest BCUT2D eigenvalue weighted by Gasteiger charge is -2.10. The summed E-state index contributed by atoms with van der Waals surface area (Å²) in [7, 11) is 0. The van der Waals surface area contributed by atoms with Crippen LogP contribution in [0.4, 0.5) is 5.69 Å². The van der Waals surface area contributed by atoms with Crippen LogP contribution in [-0.2, 0) is 14.3 Å². The van der Waals surface area contributed by atoms with Crippen LogP contribution >= 0.6 is 11.8 Å². The Hall–Kier alpha value is -4.24. The van der Waals surface area contributed by atoms with Crippen LogP contribution in [0.25, 0.3) is 17.1 Å². The van der Waals surface area contributed by atoms with Gasteiger partial charge >= 0.3 is 5.97 Å². The number of carbonyl (C=O) groups is 3. The number of thioether (sulfide) groups is 1. The van der Waals surface area contributed by atoms with E-state index in [0.29, 0.717) is 22.2 Å². The van der Waals surface area contributed by atoms with Crippen LogP contribution in [-0.4, -0.2) is 44.8 Å². The van der Waals surface area contributed by atoms with Gasteiger partial charge in [-0.1, -0.05) is 72.4 Å². The van der Waals surface area contributed by atoms with Gasteiger partial charge in [0.1, 0.15) is 0 Å². The van der Waals surface area contributed by atoms with Gasteiger partial charge in [-0.3, -0.25) is 19.0 Å². The van der Waals surface area contributed by atoms with E-state index < -0.39 is 18.5 Å². The molecule has 8 nitrogen and oxygen atoms in total. The molecule has 176 valence electrons. The predicted octanol–water partition coefficient (Wildman–Crippen LogP) is 4.41. The fourth-order valence-electron chi connectivity index (χ4n) is 3.27. The smallest absolute Gasteiger partial charge is 0.316 e. The van der Waals surface area contributed by atoms with Crippen molar-refractivity contribution in [1.82, 2.24) is 14.8 Å². The summed E-state index contributed by atoms with van der Waals surface area (Å²) in [4.78, 5) is 36.0. The maximum Gasteiger partial charge on any atom is 0.316 e. The normalized spacial score (nSPS) is 10.5. The molecule has 0 bridgehead atoms. The monoisotopic (exact) mass is 486 g/mol. The highest BCUT2D eigenvalue weighted by atomic mass is 32.2. The summed E-state index contributed by atoms with van der Waals surface area (Å²) in [6.07, 6.45) is 0. The van der Waals surface area contributed by atoms with E-state index in [1.165, 1.54) is 18.7 Å². The van der Waals surface area contributed by atoms with E-state index in [9.17, 15) is 14.4 Å². The minimum atomic E-state index is -0.563. The average Bonchev–Trinajstić information content (AvgIpc) is 3.31. The average molecular weight is 487 g/mol. The zero-order valence-electron chi connectivity index (χ0n) is 18.9. The number of para-hydroxylation sites is 1. The topological polar surface area (TPSA) is 103 Å². The first-order chi connectivity index (χ1) is 17.0. The zero-order valence-corrected chi connectivity index (χ0v) is 19.7. The van der Waals surface area contributed by atoms with Crippen molar-refractivity contribution in [2.24, 2.45) is 0 Å². The standard InChI is InChI=1S/C26H22N4O4S/c1-18(31)20-11-8-12-21(15-20)27-23(32)16-34-24(33)17-35-26-29-28-25(19-9-4-2-5-10-19)30(26)22-13-6-3-7-14-22/h2-15H,16-17H2,1H3,(H,27,32). The Bertz CT molecular complexity index is 1340. The molecule has 0 aliphatic heterocycles. The summed E-state index contributed by atoms with van der Waals surface area (Å²) in [6.45, 7) is 1.01. The number of ether oxygens (including phenoxy) is 1. The Balaban J connectivity index is 1.38. The summed E-state index contributed by atoms with van der Waals surface area (Å²) in [5.74, 6) is -0.565. The minimum Gasteiger partial charge on any atom is -0.455 e. The SMILES string of the molecule is CC(=O)c1cccc(NC(=O)COC(=O)CSc2nnc(-c3ccccc3)n2-c2ccccc2)c1. The predicted molar refractivity (Wildman–Crippen MR) is 134 cm³/mol. The Morgan fingerprint density at radius 1 is 0.914 bits per heavy atom. The second-order valence-electron chi connectivity index (χ2n) is 7.48. The Morgan fingerprint density at radius 3 is 2.34 bits per heavy atom. The van der Waals surface area contributed by atoms with Crippen LogP contribution in [0.15, 0.2) is 90.1 Å². The number of rotatable bonds is 9. The first kappa shape index (κ1) is 23.9. The van der Waals surface area contributed by atoms with Crippen molar-refractivity contribution < 1.29 is 19.1 Å². The third-order valence-corrected chi connectivity index (χ3v) is 5.82. The third-order valence-electron chi connectivity index (χ3n) is 4.92. The van der Waals surface area contributed by atoms with Crippen molar-refractivity contribution in [3.05, 3.63) is 90.5 Å². The van der Waals surface area contributed by atoms with Gasteiger partial charge in [0, 0.05) is 22.5 Å². The fourth-order valence-corrected chi connectivity index (χ4v) is 4.02. The van der Waals surface area contributed by atoms with Gasteiger partial charge in [0.25, 0.3) is 5.91 Å². The molecule has 0 radical (unpaired) electrons. The molecule has 0 spiro atoms. The summed E-state index contributed by atoms with van der Waals surface area (Å²) in [5, 5.41) is 11.8. The molecule has 1 aromatic heterocycles. The van der Waals surface area contributed by atoms with Gasteiger partial charge in [-0.15, -0.1) is 10.2 Å². The molecular formula is C26H22N4O4S. The number of nitrogens with one attached hydrogen (secondary N) is 1. The quantitative estimate of drug-likeness (QED) is 0.212. The van der Waals surface area contributed by atoms with E-state index in [0.717, 1.165) is 11.3 Å². The van der Waals surface area contributed by atoms with Crippen molar-refractivity contribution in [1.29, 1.82) is 0 Å². The van der Waals surface area contributed by atoms with Gasteiger partial charge in [-0.25, -0.2) is 0 Å². The maximum absolute atomic E-state index is 12.3. The van der Waals surface area contributed by atoms with E-state index in [2.05, 4.69) is 15.5 Å². The van der Waals surface area contributed by atoms with Crippen molar-refractivity contribution in [3.63, 3.8) is 0 Å². The summed E-state index contributed by atoms with van der Waals surface area (Å²) >= 11 is 1.17. The van der Waals surface area contributed by atoms with Crippen molar-refractivity contribution in [2.45, 2.75) is 12.1 Å². The summed E-state index contributed by atoms with van der Waals surface area (Å²) < 4.78 is 6.99. The van der Waals surface area contributed by atoms with Crippen LogP contribution in [0.5, 0.6) is 0 Å². The van der Waals surface area contributed by atoms with E-state index in [1.807, 2.05) is 65.2 Å². The molecule has 1 N–H and O–H groups in total. The van der Waals surface area contributed by atoms with Gasteiger partial charge in [0.15, 0.2) is 23.4 Å². The van der Waals surface area contributed by atoms with E-state index in [4.69, 9.17) is 4.74 Å². The molecule has 0 unspecified atom stereocenters. The maximum atomic E-state index is 12.3. The largest absolute Gasteiger partial charge is 0.455 e. The van der Waals surface area contributed by atoms with Crippen LogP contribution in [0.1, 0.15) is 17.3 Å². The number of hydrogen-bond acceptors (Lipinski definition) is 7. The molecule has 1 heterocycles. The number of benzene rings is 3. The summed E-state index contributed by atoms with van der Waals surface area (Å²) in [6, 6.07) is 25.8. The lowest BCUT2D eigenvalue weighted by molar-refractivity contribution is -0.144. The van der Waals surface area contributed by atoms with Gasteiger partial charge in [-0.05, 0) is 31.2 Å². The van der Waals surface area contributed by atoms with Crippen molar-refractivity contribution >= 4 is 35.1 Å². The van der Waals surface area contributed by atoms with Gasteiger partial charge in [-0.2, -0.15) is 0 Å². The number of aromatic nitrogens is 3. The van der Waals surface area contributed by atoms with Gasteiger partial charge < -0.3 is 10.1 Å². The highest BCUT2D eigenvalue weighted by Gasteiger charge is 2.18. The number of carbonyl (C=O) groups excluding carboxylic acids is 3. The van der Waals surface area contributed by atoms with Crippen LogP contribution in [0.2, 0.25) is 0 Å². The minimum absolute atomic E-state index is 0.0488. The molecule has 4 aromatic rings. The first-order valence-electron chi connectivity index (χ1n) is 10.8. The zero-order chi connectivity index (χ0) is 24.6. The molecule has 35 heavy (non-hydrogen) atoms. The molecule has 0 aliphatic rings. The Kier molecular flexibility index (Phi) is 7.69. The Morgan fingerprint density at radius 2 is 1.63 bits per heavy atom. The summed E-state index contributed by atoms with van der Waals surface area (Å²) in [5.41, 5.74) is 2.69. The molecule has 3 aromatic carbocycles. The highest BCUT2D eigenvalue weighted by Crippen LogP contribution is 2.27. The number of nitrogens with zero attached hydrogens (tertiary/aromatic N) is 3. The number of ketones is 1. The van der Waals surface area contributed by atoms with Crippen LogP contribution in [0, 0.1) is 0 Å². The molecule has 1 amide bonds. The van der Waals surface area contributed by atoms with Gasteiger partial charge in [0.2, 0.25) is 0 Å². The number of amides is 1. The Labute approximate surface area is 206 Å². The molecule has 4 rings (SSSR count). The van der Waals surface area contributed by atoms with Crippen LogP contribution < -0.4 is 5.32 Å². The molecular weight excluding hydrogens is 464 g/mol. The van der Waals surface area contributed by atoms with Crippen LogP contribution in [0.3, 0.4) is 0 Å². The van der Waals surface area contributed by atoms with Crippen molar-refractivity contribution in [3.8, 4) is 17.1 Å². The van der Waals surface area contributed by atoms with E-state index >= 15 is 0 Å². The second-order valence-corrected chi connectivity index (χ2v) is 8.42. The number of anilines is 1. The number of Topliss-reactive ketones (excluding diaryl/α,β-unsaturated/α-hetero) is 1. The fraction of sp³-hybridized carbons (Fsp3) is 0.115. The van der Waals surface area contributed by atoms with E-state index in [-0.39, 0.29) is 11.5 Å². The molecule has 0 atom stereocenters. The number of esters is 1. The van der Waals surface area contributed by atoms with Gasteiger partial charge in [0.05, 0.1) is 5.75 Å². The molecule has 0 aliphatic carbocycles.